The molecule has 1 aliphatic rings. The summed E-state index contributed by atoms with van der Waals surface area (Å²) in [6, 6.07) is 17.8. The molecule has 1 unspecified atom stereocenters. The first-order valence-corrected chi connectivity index (χ1v) is 8.61. The highest BCUT2D eigenvalue weighted by atomic mass is 16.6. The Bertz CT molecular complexity index is 877. The van der Waals surface area contributed by atoms with E-state index in [9.17, 15) is 0 Å². The van der Waals surface area contributed by atoms with Crippen molar-refractivity contribution in [2.75, 3.05) is 13.6 Å². The van der Waals surface area contributed by atoms with E-state index in [2.05, 4.69) is 32.3 Å². The second-order valence-corrected chi connectivity index (χ2v) is 6.43. The van der Waals surface area contributed by atoms with Gasteiger partial charge in [0.2, 0.25) is 0 Å². The maximum Gasteiger partial charge on any atom is 0.151 e. The minimum Gasteiger partial charge on any atom is -0.390 e. The van der Waals surface area contributed by atoms with E-state index in [1.165, 1.54) is 0 Å². The Balaban J connectivity index is 1.31. The average molecular weight is 348 g/mol. The van der Waals surface area contributed by atoms with Crippen LogP contribution < -0.4 is 0 Å². The van der Waals surface area contributed by atoms with Crippen LogP contribution in [0.3, 0.4) is 0 Å². The minimum absolute atomic E-state index is 0.0494. The Morgan fingerprint density at radius 2 is 1.92 bits per heavy atom. The Kier molecular flexibility index (Phi) is 4.75. The molecule has 6 nitrogen and oxygen atoms in total. The van der Waals surface area contributed by atoms with Crippen LogP contribution in [0, 0.1) is 0 Å². The minimum atomic E-state index is 0.0494. The Labute approximate surface area is 152 Å². The maximum atomic E-state index is 5.59. The molecule has 26 heavy (non-hydrogen) atoms. The Morgan fingerprint density at radius 1 is 1.08 bits per heavy atom. The molecule has 0 saturated carbocycles. The van der Waals surface area contributed by atoms with E-state index in [0.29, 0.717) is 6.54 Å². The first kappa shape index (κ1) is 16.5. The fourth-order valence-electron chi connectivity index (χ4n) is 3.03. The molecule has 0 spiro atoms. The summed E-state index contributed by atoms with van der Waals surface area (Å²) in [7, 11) is 2.03. The Hall–Kier alpha value is -2.99. The summed E-state index contributed by atoms with van der Waals surface area (Å²) in [5.74, 6) is 0.801. The van der Waals surface area contributed by atoms with Crippen molar-refractivity contribution in [2.24, 2.45) is 5.16 Å². The van der Waals surface area contributed by atoms with Crippen molar-refractivity contribution in [3.05, 3.63) is 72.1 Å². The van der Waals surface area contributed by atoms with Gasteiger partial charge in [-0.25, -0.2) is 0 Å². The summed E-state index contributed by atoms with van der Waals surface area (Å²) < 4.78 is 5.44. The third-order valence-corrected chi connectivity index (χ3v) is 4.27. The number of hydrogen-bond acceptors (Lipinski definition) is 6. The first-order valence-electron chi connectivity index (χ1n) is 8.61. The molecule has 0 saturated heterocycles. The van der Waals surface area contributed by atoms with E-state index in [-0.39, 0.29) is 6.10 Å². The van der Waals surface area contributed by atoms with Crippen LogP contribution in [0.4, 0.5) is 0 Å². The summed E-state index contributed by atoms with van der Waals surface area (Å²) in [6.07, 6.45) is 2.61. The lowest BCUT2D eigenvalue weighted by atomic mass is 10.1. The number of likely N-dealkylation sites (N-methyl/N-ethyl adjacent to an activating group) is 1. The zero-order chi connectivity index (χ0) is 17.8. The van der Waals surface area contributed by atoms with E-state index < -0.39 is 0 Å². The van der Waals surface area contributed by atoms with E-state index in [1.807, 2.05) is 49.5 Å². The van der Waals surface area contributed by atoms with Gasteiger partial charge in [-0.05, 0) is 24.7 Å². The van der Waals surface area contributed by atoms with Crippen molar-refractivity contribution in [3.8, 4) is 11.4 Å². The third-order valence-electron chi connectivity index (χ3n) is 4.27. The molecule has 1 atom stereocenters. The van der Waals surface area contributed by atoms with E-state index in [4.69, 9.17) is 9.36 Å². The molecule has 0 aliphatic carbocycles. The number of nitrogens with zero attached hydrogens (tertiary/aromatic N) is 4. The second kappa shape index (κ2) is 7.49. The van der Waals surface area contributed by atoms with Crippen molar-refractivity contribution in [1.29, 1.82) is 0 Å². The number of oxime groups is 1. The van der Waals surface area contributed by atoms with Crippen LogP contribution in [0.5, 0.6) is 0 Å². The van der Waals surface area contributed by atoms with E-state index in [1.54, 1.807) is 6.20 Å². The van der Waals surface area contributed by atoms with Gasteiger partial charge >= 0.3 is 0 Å². The van der Waals surface area contributed by atoms with Crippen LogP contribution in [0.1, 0.15) is 17.7 Å². The lowest BCUT2D eigenvalue weighted by molar-refractivity contribution is 0.0557. The van der Waals surface area contributed by atoms with Gasteiger partial charge < -0.3 is 9.36 Å². The molecule has 3 aromatic rings. The van der Waals surface area contributed by atoms with Crippen LogP contribution >= 0.6 is 0 Å². The molecular weight excluding hydrogens is 328 g/mol. The topological polar surface area (TPSA) is 63.8 Å². The summed E-state index contributed by atoms with van der Waals surface area (Å²) >= 11 is 0. The summed E-state index contributed by atoms with van der Waals surface area (Å²) in [5, 5.41) is 8.34. The summed E-state index contributed by atoms with van der Waals surface area (Å²) in [6.45, 7) is 1.42. The average Bonchev–Trinajstić information content (AvgIpc) is 3.33. The van der Waals surface area contributed by atoms with Gasteiger partial charge in [0.15, 0.2) is 5.76 Å². The number of hydrogen-bond donors (Lipinski definition) is 0. The lowest BCUT2D eigenvalue weighted by Crippen LogP contribution is -2.29. The smallest absolute Gasteiger partial charge is 0.151 e. The van der Waals surface area contributed by atoms with Gasteiger partial charge in [0, 0.05) is 25.2 Å². The monoisotopic (exact) mass is 348 g/mol. The van der Waals surface area contributed by atoms with Crippen LogP contribution in [0.2, 0.25) is 0 Å². The molecule has 2 aromatic heterocycles. The van der Waals surface area contributed by atoms with Crippen molar-refractivity contribution in [2.45, 2.75) is 19.1 Å². The molecule has 1 aromatic carbocycles. The fourth-order valence-corrected chi connectivity index (χ4v) is 3.03. The summed E-state index contributed by atoms with van der Waals surface area (Å²) in [5.41, 5.74) is 3.68. The molecule has 3 heterocycles. The third kappa shape index (κ3) is 3.81. The van der Waals surface area contributed by atoms with Crippen LogP contribution in [0.15, 0.2) is 70.5 Å². The number of aromatic nitrogens is 2. The molecule has 0 fully saturated rings. The van der Waals surface area contributed by atoms with E-state index >= 15 is 0 Å². The molecule has 132 valence electrons. The molecule has 0 N–H and O–H groups in total. The predicted octanol–water partition coefficient (Wildman–Crippen LogP) is 3.36. The van der Waals surface area contributed by atoms with Gasteiger partial charge in [-0.15, -0.1) is 0 Å². The number of rotatable bonds is 6. The molecule has 0 radical (unpaired) electrons. The highest BCUT2D eigenvalue weighted by Gasteiger charge is 2.24. The van der Waals surface area contributed by atoms with Crippen LogP contribution in [-0.4, -0.2) is 40.4 Å². The number of pyridine rings is 1. The standard InChI is InChI=1S/C20H20N4O2/c1-24(13-16-11-19(22-25-16)15-7-3-2-4-8-15)14-17-12-20(23-26-17)18-9-5-6-10-21-18/h2-10,12,16H,11,13-14H2,1H3. The quantitative estimate of drug-likeness (QED) is 0.683. The molecule has 0 bridgehead atoms. The van der Waals surface area contributed by atoms with Gasteiger partial charge in [0.1, 0.15) is 11.8 Å². The summed E-state index contributed by atoms with van der Waals surface area (Å²) in [4.78, 5) is 12.0. The highest BCUT2D eigenvalue weighted by molar-refractivity contribution is 6.01. The highest BCUT2D eigenvalue weighted by Crippen LogP contribution is 2.19. The SMILES string of the molecule is CN(Cc1cc(-c2ccccn2)no1)CC1CC(c2ccccc2)=NO1. The van der Waals surface area contributed by atoms with Crippen LogP contribution in [0.25, 0.3) is 11.4 Å². The molecule has 0 amide bonds. The van der Waals surface area contributed by atoms with Gasteiger partial charge in [0.05, 0.1) is 18.0 Å². The van der Waals surface area contributed by atoms with Crippen molar-refractivity contribution >= 4 is 5.71 Å². The van der Waals surface area contributed by atoms with Gasteiger partial charge in [-0.1, -0.05) is 46.7 Å². The molecule has 1 aliphatic heterocycles. The van der Waals surface area contributed by atoms with Gasteiger partial charge in [-0.3, -0.25) is 9.88 Å². The second-order valence-electron chi connectivity index (χ2n) is 6.43. The van der Waals surface area contributed by atoms with Crippen molar-refractivity contribution in [3.63, 3.8) is 0 Å². The van der Waals surface area contributed by atoms with Gasteiger partial charge in [0.25, 0.3) is 0 Å². The van der Waals surface area contributed by atoms with Gasteiger partial charge in [-0.2, -0.15) is 0 Å². The lowest BCUT2D eigenvalue weighted by Gasteiger charge is -2.17. The molecular formula is C20H20N4O2. The predicted molar refractivity (Wildman–Crippen MR) is 98.5 cm³/mol. The molecule has 4 rings (SSSR count). The zero-order valence-electron chi connectivity index (χ0n) is 14.6. The normalized spacial score (nSPS) is 16.5. The van der Waals surface area contributed by atoms with Crippen molar-refractivity contribution < 1.29 is 9.36 Å². The van der Waals surface area contributed by atoms with Crippen molar-refractivity contribution in [1.82, 2.24) is 15.0 Å². The van der Waals surface area contributed by atoms with Crippen LogP contribution in [-0.2, 0) is 11.4 Å². The molecule has 6 heteroatoms. The van der Waals surface area contributed by atoms with E-state index in [0.717, 1.165) is 41.4 Å². The maximum absolute atomic E-state index is 5.59. The zero-order valence-corrected chi connectivity index (χ0v) is 14.6. The number of benzene rings is 1. The Morgan fingerprint density at radius 3 is 2.73 bits per heavy atom. The largest absolute Gasteiger partial charge is 0.390 e. The fraction of sp³-hybridized carbons (Fsp3) is 0.250. The first-order chi connectivity index (χ1) is 12.8.